The summed E-state index contributed by atoms with van der Waals surface area (Å²) in [6.45, 7) is 13.5. The van der Waals surface area contributed by atoms with Crippen molar-refractivity contribution in [3.05, 3.63) is 24.3 Å². The summed E-state index contributed by atoms with van der Waals surface area (Å²) in [6, 6.07) is 7.94. The summed E-state index contributed by atoms with van der Waals surface area (Å²) in [4.78, 5) is 0. The van der Waals surface area contributed by atoms with Crippen LogP contribution in [-0.4, -0.2) is 25.8 Å². The van der Waals surface area contributed by atoms with Gasteiger partial charge < -0.3 is 14.8 Å². The minimum absolute atomic E-state index is 0.148. The molecule has 0 saturated carbocycles. The second-order valence-corrected chi connectivity index (χ2v) is 6.25. The van der Waals surface area contributed by atoms with Gasteiger partial charge in [-0.25, -0.2) is 0 Å². The molecule has 1 aromatic carbocycles. The van der Waals surface area contributed by atoms with Crippen molar-refractivity contribution >= 4 is 0 Å². The third-order valence-corrected chi connectivity index (χ3v) is 3.23. The molecule has 1 unspecified atom stereocenters. The Labute approximate surface area is 130 Å². The molecule has 0 amide bonds. The molecule has 21 heavy (non-hydrogen) atoms. The second kappa shape index (κ2) is 9.67. The van der Waals surface area contributed by atoms with E-state index in [1.165, 1.54) is 0 Å². The predicted molar refractivity (Wildman–Crippen MR) is 89.2 cm³/mol. The van der Waals surface area contributed by atoms with Gasteiger partial charge in [0, 0.05) is 6.54 Å². The van der Waals surface area contributed by atoms with E-state index < -0.39 is 0 Å². The van der Waals surface area contributed by atoms with Crippen LogP contribution in [-0.2, 0) is 0 Å². The molecule has 0 saturated heterocycles. The van der Waals surface area contributed by atoms with Crippen LogP contribution in [0.25, 0.3) is 0 Å². The third kappa shape index (κ3) is 6.85. The van der Waals surface area contributed by atoms with Crippen LogP contribution in [0.1, 0.15) is 41.0 Å². The first-order valence-corrected chi connectivity index (χ1v) is 8.13. The molecule has 1 atom stereocenters. The zero-order valence-corrected chi connectivity index (χ0v) is 14.2. The monoisotopic (exact) mass is 293 g/mol. The van der Waals surface area contributed by atoms with Crippen molar-refractivity contribution in [2.75, 3.05) is 19.7 Å². The smallest absolute Gasteiger partial charge is 0.161 e. The zero-order valence-electron chi connectivity index (χ0n) is 14.2. The van der Waals surface area contributed by atoms with E-state index in [1.54, 1.807) is 0 Å². The molecule has 1 N–H and O–H groups in total. The highest BCUT2D eigenvalue weighted by atomic mass is 16.5. The van der Waals surface area contributed by atoms with Crippen LogP contribution in [0.15, 0.2) is 24.3 Å². The summed E-state index contributed by atoms with van der Waals surface area (Å²) in [5, 5.41) is 3.48. The molecule has 0 radical (unpaired) electrons. The Bertz CT molecular complexity index is 391. The van der Waals surface area contributed by atoms with Crippen molar-refractivity contribution in [3.8, 4) is 11.5 Å². The van der Waals surface area contributed by atoms with Gasteiger partial charge in [-0.05, 0) is 36.9 Å². The van der Waals surface area contributed by atoms with E-state index in [9.17, 15) is 0 Å². The Balaban J connectivity index is 2.65. The van der Waals surface area contributed by atoms with Gasteiger partial charge in [0.05, 0.1) is 6.61 Å². The molecule has 0 aliphatic heterocycles. The Kier molecular flexibility index (Phi) is 8.21. The van der Waals surface area contributed by atoms with Crippen LogP contribution >= 0.6 is 0 Å². The highest BCUT2D eigenvalue weighted by Gasteiger charge is 2.17. The standard InChI is InChI=1S/C18H31NO2/c1-6-11-20-16-9-7-8-10-17(16)21-18(15(4)5)13-19-12-14(2)3/h7-10,14-15,18-19H,6,11-13H2,1-5H3. The van der Waals surface area contributed by atoms with E-state index in [4.69, 9.17) is 9.47 Å². The van der Waals surface area contributed by atoms with Gasteiger partial charge in [-0.2, -0.15) is 0 Å². The molecule has 0 aliphatic carbocycles. The summed E-state index contributed by atoms with van der Waals surface area (Å²) >= 11 is 0. The highest BCUT2D eigenvalue weighted by molar-refractivity contribution is 5.39. The van der Waals surface area contributed by atoms with E-state index >= 15 is 0 Å². The van der Waals surface area contributed by atoms with Crippen LogP contribution < -0.4 is 14.8 Å². The summed E-state index contributed by atoms with van der Waals surface area (Å²) in [6.07, 6.45) is 1.15. The average molecular weight is 293 g/mol. The molecule has 1 aromatic rings. The van der Waals surface area contributed by atoms with Crippen LogP contribution in [0.2, 0.25) is 0 Å². The second-order valence-electron chi connectivity index (χ2n) is 6.25. The molecule has 3 heteroatoms. The Morgan fingerprint density at radius 2 is 1.67 bits per heavy atom. The number of hydrogen-bond acceptors (Lipinski definition) is 3. The molecule has 3 nitrogen and oxygen atoms in total. The van der Waals surface area contributed by atoms with E-state index in [2.05, 4.69) is 39.9 Å². The Hall–Kier alpha value is -1.22. The minimum Gasteiger partial charge on any atom is -0.490 e. The van der Waals surface area contributed by atoms with E-state index in [0.29, 0.717) is 11.8 Å². The first-order chi connectivity index (χ1) is 10.0. The fourth-order valence-electron chi connectivity index (χ4n) is 1.97. The Morgan fingerprint density at radius 3 is 2.24 bits per heavy atom. The number of ether oxygens (including phenoxy) is 2. The molecule has 0 heterocycles. The van der Waals surface area contributed by atoms with Gasteiger partial charge in [-0.3, -0.25) is 0 Å². The van der Waals surface area contributed by atoms with Gasteiger partial charge in [-0.1, -0.05) is 46.8 Å². The third-order valence-electron chi connectivity index (χ3n) is 3.23. The van der Waals surface area contributed by atoms with Crippen molar-refractivity contribution in [2.24, 2.45) is 11.8 Å². The SMILES string of the molecule is CCCOc1ccccc1OC(CNCC(C)C)C(C)C. The molecule has 1 rings (SSSR count). The van der Waals surface area contributed by atoms with Crippen LogP contribution in [0, 0.1) is 11.8 Å². The minimum atomic E-state index is 0.148. The van der Waals surface area contributed by atoms with Gasteiger partial charge in [0.15, 0.2) is 11.5 Å². The summed E-state index contributed by atoms with van der Waals surface area (Å²) < 4.78 is 12.0. The lowest BCUT2D eigenvalue weighted by Gasteiger charge is -2.24. The fraction of sp³-hybridized carbons (Fsp3) is 0.667. The highest BCUT2D eigenvalue weighted by Crippen LogP contribution is 2.28. The lowest BCUT2D eigenvalue weighted by atomic mass is 10.1. The van der Waals surface area contributed by atoms with Gasteiger partial charge in [0.25, 0.3) is 0 Å². The van der Waals surface area contributed by atoms with Crippen molar-refractivity contribution < 1.29 is 9.47 Å². The number of rotatable bonds is 10. The largest absolute Gasteiger partial charge is 0.490 e. The van der Waals surface area contributed by atoms with Crippen LogP contribution in [0.3, 0.4) is 0 Å². The summed E-state index contributed by atoms with van der Waals surface area (Å²) in [5.74, 6) is 2.78. The molecule has 0 bridgehead atoms. The van der Waals surface area contributed by atoms with Crippen molar-refractivity contribution in [1.29, 1.82) is 0 Å². The van der Waals surface area contributed by atoms with Crippen molar-refractivity contribution in [3.63, 3.8) is 0 Å². The number of para-hydroxylation sites is 2. The predicted octanol–water partition coefficient (Wildman–Crippen LogP) is 4.12. The maximum absolute atomic E-state index is 6.20. The number of benzene rings is 1. The first-order valence-electron chi connectivity index (χ1n) is 8.13. The van der Waals surface area contributed by atoms with Crippen molar-refractivity contribution in [1.82, 2.24) is 5.32 Å². The summed E-state index contributed by atoms with van der Waals surface area (Å²) in [7, 11) is 0. The molecule has 120 valence electrons. The number of hydrogen-bond donors (Lipinski definition) is 1. The first kappa shape index (κ1) is 17.8. The lowest BCUT2D eigenvalue weighted by Crippen LogP contribution is -2.37. The van der Waals surface area contributed by atoms with E-state index in [-0.39, 0.29) is 6.10 Å². The molecular weight excluding hydrogens is 262 g/mol. The quantitative estimate of drug-likeness (QED) is 0.704. The molecule has 0 fully saturated rings. The van der Waals surface area contributed by atoms with Crippen LogP contribution in [0.5, 0.6) is 11.5 Å². The van der Waals surface area contributed by atoms with Gasteiger partial charge in [0.2, 0.25) is 0 Å². The average Bonchev–Trinajstić information content (AvgIpc) is 2.44. The van der Waals surface area contributed by atoms with Gasteiger partial charge in [-0.15, -0.1) is 0 Å². The lowest BCUT2D eigenvalue weighted by molar-refractivity contribution is 0.140. The fourth-order valence-corrected chi connectivity index (χ4v) is 1.97. The topological polar surface area (TPSA) is 30.5 Å². The molecule has 0 spiro atoms. The van der Waals surface area contributed by atoms with Gasteiger partial charge in [0.1, 0.15) is 6.10 Å². The Morgan fingerprint density at radius 1 is 1.00 bits per heavy atom. The molecular formula is C18H31NO2. The molecule has 0 aromatic heterocycles. The maximum Gasteiger partial charge on any atom is 0.161 e. The molecule has 0 aliphatic rings. The zero-order chi connectivity index (χ0) is 15.7. The van der Waals surface area contributed by atoms with E-state index in [1.807, 2.05) is 24.3 Å². The van der Waals surface area contributed by atoms with Crippen molar-refractivity contribution in [2.45, 2.75) is 47.1 Å². The summed E-state index contributed by atoms with van der Waals surface area (Å²) in [5.41, 5.74) is 0. The van der Waals surface area contributed by atoms with E-state index in [0.717, 1.165) is 37.6 Å². The normalized spacial score (nSPS) is 12.7. The maximum atomic E-state index is 6.20. The van der Waals surface area contributed by atoms with Gasteiger partial charge >= 0.3 is 0 Å². The van der Waals surface area contributed by atoms with Crippen LogP contribution in [0.4, 0.5) is 0 Å². The number of nitrogens with one attached hydrogen (secondary N) is 1.